The molecule has 4 rings (SSSR count). The topological polar surface area (TPSA) is 33.5 Å². The van der Waals surface area contributed by atoms with E-state index in [9.17, 15) is 0 Å². The monoisotopic (exact) mass is 340 g/mol. The number of hydrogen-bond acceptors (Lipinski definition) is 4. The summed E-state index contributed by atoms with van der Waals surface area (Å²) < 4.78 is 7.98. The van der Waals surface area contributed by atoms with Crippen LogP contribution in [0.15, 0.2) is 24.3 Å². The molecule has 2 aliphatic rings. The van der Waals surface area contributed by atoms with E-state index >= 15 is 0 Å². The second-order valence-electron chi connectivity index (χ2n) is 7.10. The van der Waals surface area contributed by atoms with E-state index in [1.165, 1.54) is 23.2 Å². The number of benzene rings is 1. The van der Waals surface area contributed by atoms with E-state index in [4.69, 9.17) is 9.72 Å². The fourth-order valence-electron chi connectivity index (χ4n) is 3.86. The van der Waals surface area contributed by atoms with Crippen LogP contribution in [0.2, 0.25) is 0 Å². The molecule has 2 aromatic rings. The van der Waals surface area contributed by atoms with Crippen molar-refractivity contribution in [3.8, 4) is 11.3 Å². The van der Waals surface area contributed by atoms with Gasteiger partial charge in [0.2, 0.25) is 5.95 Å². The molecule has 0 bridgehead atoms. The van der Waals surface area contributed by atoms with Gasteiger partial charge in [-0.05, 0) is 19.9 Å². The number of anilines is 1. The Morgan fingerprint density at radius 1 is 1.04 bits per heavy atom. The predicted molar refractivity (Wildman–Crippen MR) is 101 cm³/mol. The maximum absolute atomic E-state index is 5.53. The van der Waals surface area contributed by atoms with Crippen LogP contribution in [0.1, 0.15) is 24.6 Å². The second kappa shape index (κ2) is 7.18. The van der Waals surface area contributed by atoms with Crippen LogP contribution < -0.4 is 4.90 Å². The first-order chi connectivity index (χ1) is 12.3. The molecule has 1 saturated heterocycles. The zero-order valence-corrected chi connectivity index (χ0v) is 15.4. The number of imidazole rings is 1. The maximum atomic E-state index is 5.53. The summed E-state index contributed by atoms with van der Waals surface area (Å²) >= 11 is 0. The molecule has 5 heteroatoms. The summed E-state index contributed by atoms with van der Waals surface area (Å²) in [5, 5.41) is 0. The Morgan fingerprint density at radius 2 is 1.80 bits per heavy atom. The van der Waals surface area contributed by atoms with E-state index in [-0.39, 0.29) is 0 Å². The fraction of sp³-hybridized carbons (Fsp3) is 0.550. The lowest BCUT2D eigenvalue weighted by Gasteiger charge is -2.32. The summed E-state index contributed by atoms with van der Waals surface area (Å²) in [6, 6.07) is 8.78. The Labute approximate surface area is 150 Å². The minimum Gasteiger partial charge on any atom is -0.378 e. The number of aromatic nitrogens is 2. The summed E-state index contributed by atoms with van der Waals surface area (Å²) in [6.45, 7) is 12.1. The van der Waals surface area contributed by atoms with Crippen molar-refractivity contribution < 1.29 is 4.74 Å². The molecule has 3 heterocycles. The van der Waals surface area contributed by atoms with Gasteiger partial charge in [-0.2, -0.15) is 0 Å². The second-order valence-corrected chi connectivity index (χ2v) is 7.10. The molecule has 0 aliphatic carbocycles. The Morgan fingerprint density at radius 3 is 2.52 bits per heavy atom. The third-order valence-corrected chi connectivity index (χ3v) is 5.22. The van der Waals surface area contributed by atoms with Gasteiger partial charge in [0.05, 0.1) is 24.6 Å². The molecule has 0 spiro atoms. The highest BCUT2D eigenvalue weighted by Crippen LogP contribution is 2.32. The Hall–Kier alpha value is -1.85. The molecular formula is C20H28N4O. The average Bonchev–Trinajstić information content (AvgIpc) is 3.02. The molecule has 0 radical (unpaired) electrons. The zero-order valence-electron chi connectivity index (χ0n) is 15.4. The van der Waals surface area contributed by atoms with Crippen molar-refractivity contribution in [3.05, 3.63) is 35.5 Å². The van der Waals surface area contributed by atoms with Gasteiger partial charge in [0, 0.05) is 38.3 Å². The van der Waals surface area contributed by atoms with Crippen molar-refractivity contribution in [2.24, 2.45) is 0 Å². The van der Waals surface area contributed by atoms with Crippen molar-refractivity contribution in [3.63, 3.8) is 0 Å². The van der Waals surface area contributed by atoms with Gasteiger partial charge in [0.15, 0.2) is 0 Å². The van der Waals surface area contributed by atoms with E-state index in [0.717, 1.165) is 64.1 Å². The first kappa shape index (κ1) is 16.6. The highest BCUT2D eigenvalue weighted by molar-refractivity contribution is 5.65. The van der Waals surface area contributed by atoms with Crippen molar-refractivity contribution in [2.75, 3.05) is 44.3 Å². The molecule has 0 atom stereocenters. The number of hydrogen-bond donors (Lipinski definition) is 0. The first-order valence-corrected chi connectivity index (χ1v) is 9.47. The van der Waals surface area contributed by atoms with E-state index < -0.39 is 0 Å². The van der Waals surface area contributed by atoms with Crippen molar-refractivity contribution in [1.29, 1.82) is 0 Å². The van der Waals surface area contributed by atoms with Gasteiger partial charge in [-0.3, -0.25) is 4.90 Å². The van der Waals surface area contributed by atoms with Gasteiger partial charge in [0.25, 0.3) is 0 Å². The molecule has 2 aliphatic heterocycles. The smallest absolute Gasteiger partial charge is 0.206 e. The predicted octanol–water partition coefficient (Wildman–Crippen LogP) is 2.92. The minimum atomic E-state index is 0.796. The average molecular weight is 340 g/mol. The van der Waals surface area contributed by atoms with Crippen LogP contribution in [0, 0.1) is 6.92 Å². The first-order valence-electron chi connectivity index (χ1n) is 9.47. The number of aryl methyl sites for hydroxylation is 1. The molecule has 25 heavy (non-hydrogen) atoms. The largest absolute Gasteiger partial charge is 0.378 e. The van der Waals surface area contributed by atoms with Crippen LogP contribution in [-0.4, -0.2) is 53.8 Å². The number of fused-ring (bicyclic) bond motifs is 1. The van der Waals surface area contributed by atoms with Crippen molar-refractivity contribution in [2.45, 2.75) is 33.4 Å². The highest BCUT2D eigenvalue weighted by Gasteiger charge is 2.27. The van der Waals surface area contributed by atoms with E-state index in [1.807, 2.05) is 0 Å². The summed E-state index contributed by atoms with van der Waals surface area (Å²) in [5.41, 5.74) is 5.04. The lowest BCUT2D eigenvalue weighted by molar-refractivity contribution is 0.121. The standard InChI is InChI=1S/C20H28N4O/c1-3-8-22-9-10-24-18(15-22)19(17-6-4-16(2)5-7-17)21-20(24)23-11-13-25-14-12-23/h4-7H,3,8-15H2,1-2H3. The number of nitrogens with zero attached hydrogens (tertiary/aromatic N) is 4. The SMILES string of the molecule is CCCN1CCn2c(N3CCOCC3)nc(-c3ccc(C)cc3)c2C1. The molecule has 5 nitrogen and oxygen atoms in total. The van der Waals surface area contributed by atoms with E-state index in [1.54, 1.807) is 0 Å². The molecule has 0 amide bonds. The molecule has 0 saturated carbocycles. The Kier molecular flexibility index (Phi) is 4.77. The number of rotatable bonds is 4. The van der Waals surface area contributed by atoms with Crippen LogP contribution in [0.5, 0.6) is 0 Å². The molecule has 1 aromatic heterocycles. The Balaban J connectivity index is 1.74. The lowest BCUT2D eigenvalue weighted by atomic mass is 10.1. The van der Waals surface area contributed by atoms with Crippen LogP contribution in [-0.2, 0) is 17.8 Å². The fourth-order valence-corrected chi connectivity index (χ4v) is 3.86. The van der Waals surface area contributed by atoms with E-state index in [2.05, 4.69) is 52.5 Å². The summed E-state index contributed by atoms with van der Waals surface area (Å²) in [4.78, 5) is 10.1. The number of ether oxygens (including phenoxy) is 1. The molecular weight excluding hydrogens is 312 g/mol. The highest BCUT2D eigenvalue weighted by atomic mass is 16.5. The van der Waals surface area contributed by atoms with Gasteiger partial charge in [-0.25, -0.2) is 4.98 Å². The van der Waals surface area contributed by atoms with Gasteiger partial charge in [-0.1, -0.05) is 36.8 Å². The summed E-state index contributed by atoms with van der Waals surface area (Å²) in [7, 11) is 0. The summed E-state index contributed by atoms with van der Waals surface area (Å²) in [5.74, 6) is 1.13. The maximum Gasteiger partial charge on any atom is 0.206 e. The Bertz CT molecular complexity index is 716. The molecule has 134 valence electrons. The molecule has 1 aromatic carbocycles. The third-order valence-electron chi connectivity index (χ3n) is 5.22. The van der Waals surface area contributed by atoms with Crippen molar-refractivity contribution in [1.82, 2.24) is 14.5 Å². The van der Waals surface area contributed by atoms with Crippen LogP contribution in [0.25, 0.3) is 11.3 Å². The van der Waals surface area contributed by atoms with Crippen LogP contribution in [0.3, 0.4) is 0 Å². The van der Waals surface area contributed by atoms with E-state index in [0.29, 0.717) is 0 Å². The number of morpholine rings is 1. The summed E-state index contributed by atoms with van der Waals surface area (Å²) in [6.07, 6.45) is 1.20. The molecule has 0 unspecified atom stereocenters. The van der Waals surface area contributed by atoms with Gasteiger partial charge >= 0.3 is 0 Å². The molecule has 0 N–H and O–H groups in total. The van der Waals surface area contributed by atoms with Gasteiger partial charge in [-0.15, -0.1) is 0 Å². The normalized spacial score (nSPS) is 18.4. The zero-order chi connectivity index (χ0) is 17.2. The van der Waals surface area contributed by atoms with Crippen molar-refractivity contribution >= 4 is 5.95 Å². The third kappa shape index (κ3) is 3.31. The minimum absolute atomic E-state index is 0.796. The van der Waals surface area contributed by atoms with Crippen LogP contribution in [0.4, 0.5) is 5.95 Å². The van der Waals surface area contributed by atoms with Gasteiger partial charge in [0.1, 0.15) is 0 Å². The van der Waals surface area contributed by atoms with Crippen LogP contribution >= 0.6 is 0 Å². The molecule has 1 fully saturated rings. The quantitative estimate of drug-likeness (QED) is 0.857. The lowest BCUT2D eigenvalue weighted by Crippen LogP contribution is -2.40. The van der Waals surface area contributed by atoms with Gasteiger partial charge < -0.3 is 14.2 Å².